The van der Waals surface area contributed by atoms with Crippen LogP contribution in [0.25, 0.3) is 0 Å². The second kappa shape index (κ2) is 8.87. The first-order valence-corrected chi connectivity index (χ1v) is 10.2. The molecule has 162 valence electrons. The molecule has 2 bridgehead atoms. The van der Waals surface area contributed by atoms with Crippen LogP contribution < -0.4 is 10.2 Å². The SMILES string of the molecule is C1CC2CC1O2.COc1ccc(C(CC(=O)NO)N2C(=O)c3ccccc3C2=O)cc1. The van der Waals surface area contributed by atoms with Gasteiger partial charge >= 0.3 is 0 Å². The van der Waals surface area contributed by atoms with E-state index in [9.17, 15) is 14.4 Å². The number of hydrogen-bond donors (Lipinski definition) is 2. The molecule has 3 heterocycles. The molecule has 3 atom stereocenters. The van der Waals surface area contributed by atoms with Crippen molar-refractivity contribution in [3.63, 3.8) is 0 Å². The third-order valence-corrected chi connectivity index (χ3v) is 5.86. The molecule has 6 rings (SSSR count). The van der Waals surface area contributed by atoms with Crippen molar-refractivity contribution in [2.24, 2.45) is 0 Å². The van der Waals surface area contributed by atoms with Gasteiger partial charge in [-0.25, -0.2) is 5.48 Å². The number of fused-ring (bicyclic) bond motifs is 2. The molecule has 4 aliphatic rings. The van der Waals surface area contributed by atoms with Crippen molar-refractivity contribution in [2.75, 3.05) is 7.11 Å². The van der Waals surface area contributed by atoms with Crippen molar-refractivity contribution in [1.82, 2.24) is 10.4 Å². The maximum absolute atomic E-state index is 12.7. The number of amides is 3. The molecule has 3 aliphatic heterocycles. The highest BCUT2D eigenvalue weighted by atomic mass is 16.5. The summed E-state index contributed by atoms with van der Waals surface area (Å²) in [4.78, 5) is 38.2. The predicted octanol–water partition coefficient (Wildman–Crippen LogP) is 2.87. The van der Waals surface area contributed by atoms with E-state index in [0.29, 0.717) is 34.6 Å². The van der Waals surface area contributed by atoms with Crippen LogP contribution in [0.15, 0.2) is 48.5 Å². The van der Waals surface area contributed by atoms with Gasteiger partial charge in [0, 0.05) is 0 Å². The summed E-state index contributed by atoms with van der Waals surface area (Å²) >= 11 is 0. The summed E-state index contributed by atoms with van der Waals surface area (Å²) in [7, 11) is 1.52. The third-order valence-electron chi connectivity index (χ3n) is 5.86. The van der Waals surface area contributed by atoms with Crippen molar-refractivity contribution in [3.05, 3.63) is 65.2 Å². The van der Waals surface area contributed by atoms with Gasteiger partial charge in [-0.15, -0.1) is 0 Å². The standard InChI is InChI=1S/C18H16N2O5.C5H8O/c1-25-12-8-6-11(7-9-12)15(10-16(21)19-24)20-17(22)13-4-2-3-5-14(13)18(20)23;1-2-5-3-4(1)6-5/h2-9,15,24H,10H2,1H3,(H,19,21);4-5H,1-3H2. The molecule has 3 amide bonds. The highest BCUT2D eigenvalue weighted by molar-refractivity contribution is 6.21. The summed E-state index contributed by atoms with van der Waals surface area (Å²) in [6, 6.07) is 12.4. The predicted molar refractivity (Wildman–Crippen MR) is 110 cm³/mol. The number of ether oxygens (including phenoxy) is 2. The van der Waals surface area contributed by atoms with Gasteiger partial charge in [0.2, 0.25) is 5.91 Å². The zero-order chi connectivity index (χ0) is 22.0. The van der Waals surface area contributed by atoms with Crippen molar-refractivity contribution in [2.45, 2.75) is 43.9 Å². The summed E-state index contributed by atoms with van der Waals surface area (Å²) < 4.78 is 10.4. The number of rotatable bonds is 5. The van der Waals surface area contributed by atoms with Crippen LogP contribution in [-0.4, -0.2) is 47.1 Å². The van der Waals surface area contributed by atoms with E-state index in [2.05, 4.69) is 0 Å². The second-order valence-electron chi connectivity index (χ2n) is 7.75. The Hall–Kier alpha value is -3.23. The molecule has 1 aliphatic carbocycles. The van der Waals surface area contributed by atoms with E-state index in [-0.39, 0.29) is 6.42 Å². The van der Waals surface area contributed by atoms with Crippen molar-refractivity contribution in [3.8, 4) is 5.75 Å². The lowest BCUT2D eigenvalue weighted by molar-refractivity contribution is -0.130. The molecule has 8 nitrogen and oxygen atoms in total. The maximum atomic E-state index is 12.7. The largest absolute Gasteiger partial charge is 0.497 e. The summed E-state index contributed by atoms with van der Waals surface area (Å²) in [5, 5.41) is 8.85. The zero-order valence-electron chi connectivity index (χ0n) is 17.1. The molecule has 8 heteroatoms. The molecular weight excluding hydrogens is 400 g/mol. The van der Waals surface area contributed by atoms with Crippen LogP contribution in [0, 0.1) is 0 Å². The molecule has 3 fully saturated rings. The van der Waals surface area contributed by atoms with E-state index in [1.165, 1.54) is 26.4 Å². The van der Waals surface area contributed by atoms with Gasteiger partial charge < -0.3 is 9.47 Å². The number of carbonyl (C=O) groups excluding carboxylic acids is 3. The van der Waals surface area contributed by atoms with Crippen LogP contribution in [0.1, 0.15) is 58.0 Å². The minimum absolute atomic E-state index is 0.256. The third kappa shape index (κ3) is 4.17. The number of nitrogens with zero attached hydrogens (tertiary/aromatic N) is 1. The first-order chi connectivity index (χ1) is 15.0. The zero-order valence-corrected chi connectivity index (χ0v) is 17.1. The molecule has 1 saturated carbocycles. The van der Waals surface area contributed by atoms with E-state index in [4.69, 9.17) is 14.7 Å². The molecule has 2 aromatic rings. The monoisotopic (exact) mass is 424 g/mol. The normalized spacial score (nSPS) is 21.5. The quantitative estimate of drug-likeness (QED) is 0.434. The molecule has 0 aromatic heterocycles. The van der Waals surface area contributed by atoms with Crippen molar-refractivity contribution < 1.29 is 29.1 Å². The molecular formula is C23H24N2O6. The van der Waals surface area contributed by atoms with Crippen LogP contribution in [0.3, 0.4) is 0 Å². The Labute approximate surface area is 179 Å². The molecule has 0 spiro atoms. The van der Waals surface area contributed by atoms with Crippen LogP contribution in [-0.2, 0) is 9.53 Å². The number of hydroxylamine groups is 1. The van der Waals surface area contributed by atoms with Crippen molar-refractivity contribution >= 4 is 17.7 Å². The van der Waals surface area contributed by atoms with E-state index in [1.807, 2.05) is 0 Å². The Balaban J connectivity index is 0.000000325. The summed E-state index contributed by atoms with van der Waals surface area (Å²) in [6.45, 7) is 0. The Kier molecular flexibility index (Phi) is 6.01. The highest BCUT2D eigenvalue weighted by Gasteiger charge is 2.41. The second-order valence-corrected chi connectivity index (χ2v) is 7.75. The minimum atomic E-state index is -0.842. The molecule has 31 heavy (non-hydrogen) atoms. The van der Waals surface area contributed by atoms with Crippen LogP contribution >= 0.6 is 0 Å². The Bertz CT molecular complexity index is 935. The van der Waals surface area contributed by atoms with Gasteiger partial charge in [0.25, 0.3) is 11.8 Å². The lowest BCUT2D eigenvalue weighted by atomic mass is 10.0. The first-order valence-electron chi connectivity index (χ1n) is 10.2. The fourth-order valence-corrected chi connectivity index (χ4v) is 4.19. The molecule has 0 radical (unpaired) electrons. The number of benzene rings is 2. The average molecular weight is 424 g/mol. The van der Waals surface area contributed by atoms with Gasteiger partial charge in [0.05, 0.1) is 42.9 Å². The number of hydrogen-bond acceptors (Lipinski definition) is 6. The van der Waals surface area contributed by atoms with Gasteiger partial charge in [-0.3, -0.25) is 24.5 Å². The summed E-state index contributed by atoms with van der Waals surface area (Å²) in [5.41, 5.74) is 2.73. The Morgan fingerprint density at radius 3 is 2.06 bits per heavy atom. The van der Waals surface area contributed by atoms with E-state index in [1.54, 1.807) is 54.0 Å². The van der Waals surface area contributed by atoms with Gasteiger partial charge in [0.15, 0.2) is 0 Å². The number of methoxy groups -OCH3 is 1. The lowest BCUT2D eigenvalue weighted by Crippen LogP contribution is -2.37. The average Bonchev–Trinajstić information content (AvgIpc) is 3.50. The van der Waals surface area contributed by atoms with Gasteiger partial charge in [-0.2, -0.15) is 0 Å². The van der Waals surface area contributed by atoms with Gasteiger partial charge in [-0.05, 0) is 49.1 Å². The van der Waals surface area contributed by atoms with Crippen LogP contribution in [0.5, 0.6) is 5.75 Å². The Morgan fingerprint density at radius 1 is 1.10 bits per heavy atom. The van der Waals surface area contributed by atoms with Crippen LogP contribution in [0.4, 0.5) is 0 Å². The first kappa shape index (κ1) is 21.0. The fourth-order valence-electron chi connectivity index (χ4n) is 4.19. The van der Waals surface area contributed by atoms with E-state index >= 15 is 0 Å². The topological polar surface area (TPSA) is 105 Å². The van der Waals surface area contributed by atoms with Gasteiger partial charge in [-0.1, -0.05) is 24.3 Å². The minimum Gasteiger partial charge on any atom is -0.497 e. The molecule has 2 aromatic carbocycles. The molecule has 3 unspecified atom stereocenters. The summed E-state index contributed by atoms with van der Waals surface area (Å²) in [5.74, 6) is -1.02. The van der Waals surface area contributed by atoms with E-state index < -0.39 is 23.8 Å². The molecule has 2 N–H and O–H groups in total. The Morgan fingerprint density at radius 2 is 1.65 bits per heavy atom. The maximum Gasteiger partial charge on any atom is 0.262 e. The lowest BCUT2D eigenvalue weighted by Gasteiger charge is -2.26. The summed E-state index contributed by atoms with van der Waals surface area (Å²) in [6.07, 6.45) is 5.16. The number of imide groups is 1. The smallest absolute Gasteiger partial charge is 0.262 e. The molecule has 2 saturated heterocycles. The number of nitrogens with one attached hydrogen (secondary N) is 1. The number of carbonyl (C=O) groups is 3. The highest BCUT2D eigenvalue weighted by Crippen LogP contribution is 2.36. The van der Waals surface area contributed by atoms with Crippen LogP contribution in [0.2, 0.25) is 0 Å². The fraction of sp³-hybridized carbons (Fsp3) is 0.348. The van der Waals surface area contributed by atoms with E-state index in [0.717, 1.165) is 4.90 Å². The van der Waals surface area contributed by atoms with Crippen molar-refractivity contribution in [1.29, 1.82) is 0 Å². The van der Waals surface area contributed by atoms with Gasteiger partial charge in [0.1, 0.15) is 5.75 Å².